The first-order valence-corrected chi connectivity index (χ1v) is 7.27. The maximum absolute atomic E-state index is 2.46. The van der Waals surface area contributed by atoms with E-state index in [1.54, 1.807) is 0 Å². The fourth-order valence-corrected chi connectivity index (χ4v) is 3.39. The van der Waals surface area contributed by atoms with Crippen molar-refractivity contribution >= 4 is 12.7 Å². The summed E-state index contributed by atoms with van der Waals surface area (Å²) in [7, 11) is 4.37. The molecule has 0 amide bonds. The van der Waals surface area contributed by atoms with Crippen LogP contribution in [-0.4, -0.2) is 18.6 Å². The Morgan fingerprint density at radius 1 is 1.05 bits per heavy atom. The number of hydrogen-bond donors (Lipinski definition) is 0. The zero-order chi connectivity index (χ0) is 14.8. The number of aromatic nitrogens is 2. The van der Waals surface area contributed by atoms with E-state index in [0.29, 0.717) is 6.98 Å². The molecule has 0 N–H and O–H groups in total. The van der Waals surface area contributed by atoms with Crippen molar-refractivity contribution in [2.24, 2.45) is 7.05 Å². The number of anilines is 1. The van der Waals surface area contributed by atoms with E-state index in [1.807, 2.05) is 0 Å². The van der Waals surface area contributed by atoms with E-state index >= 15 is 0 Å². The van der Waals surface area contributed by atoms with E-state index in [4.69, 9.17) is 0 Å². The Bertz CT molecular complexity index is 715. The monoisotopic (exact) mass is 268 g/mol. The average molecular weight is 268 g/mol. The van der Waals surface area contributed by atoms with Crippen LogP contribution in [-0.2, 0) is 7.05 Å². The topological polar surface area (TPSA) is 12.1 Å². The third-order valence-electron chi connectivity index (χ3n) is 5.19. The van der Waals surface area contributed by atoms with Crippen LogP contribution < -0.4 is 9.29 Å². The van der Waals surface area contributed by atoms with Gasteiger partial charge in [0.25, 0.3) is 5.82 Å². The number of rotatable bonds is 0. The molecule has 0 fully saturated rings. The van der Waals surface area contributed by atoms with Gasteiger partial charge in [0.1, 0.15) is 11.4 Å². The minimum Gasteiger partial charge on any atom is -0.377 e. The van der Waals surface area contributed by atoms with Crippen LogP contribution in [0.3, 0.4) is 0 Å². The number of nitrogens with zero attached hydrogens (tertiary/aromatic N) is 3. The standard InChI is InChI=1S/C16H23BN3/c1-10-8-9-14-15(11(10)2)16-18(6)12(3)13(4)20(16)17(5)19(14)7/h8-9H,1-7H3/q+1. The number of fused-ring (bicyclic) bond motifs is 3. The molecule has 3 nitrogen and oxygen atoms in total. The first-order chi connectivity index (χ1) is 9.36. The first-order valence-electron chi connectivity index (χ1n) is 7.27. The van der Waals surface area contributed by atoms with Gasteiger partial charge < -0.3 is 4.81 Å². The maximum atomic E-state index is 2.46. The summed E-state index contributed by atoms with van der Waals surface area (Å²) in [6, 6.07) is 4.49. The molecule has 2 heterocycles. The zero-order valence-corrected chi connectivity index (χ0v) is 13.6. The smallest absolute Gasteiger partial charge is 0.377 e. The van der Waals surface area contributed by atoms with Crippen molar-refractivity contribution in [3.05, 3.63) is 34.6 Å². The number of benzene rings is 1. The van der Waals surface area contributed by atoms with Gasteiger partial charge in [-0.1, -0.05) is 6.07 Å². The first kappa shape index (κ1) is 13.3. The van der Waals surface area contributed by atoms with Crippen LogP contribution in [0.2, 0.25) is 6.82 Å². The van der Waals surface area contributed by atoms with Crippen molar-refractivity contribution in [2.75, 3.05) is 11.9 Å². The summed E-state index contributed by atoms with van der Waals surface area (Å²) < 4.78 is 4.80. The second-order valence-corrected chi connectivity index (χ2v) is 6.07. The number of aryl methyl sites for hydroxylation is 1. The SMILES string of the molecule is CB1N(C)c2ccc(C)c(C)c2-c2n(C)c(C)c(C)[n+]21. The third kappa shape index (κ3) is 1.45. The van der Waals surface area contributed by atoms with Crippen molar-refractivity contribution in [1.82, 2.24) is 4.57 Å². The second kappa shape index (κ2) is 4.14. The van der Waals surface area contributed by atoms with Gasteiger partial charge in [-0.15, -0.1) is 0 Å². The molecule has 1 aliphatic heterocycles. The van der Waals surface area contributed by atoms with Crippen LogP contribution >= 0.6 is 0 Å². The Kier molecular flexibility index (Phi) is 2.75. The van der Waals surface area contributed by atoms with Gasteiger partial charge in [-0.2, -0.15) is 0 Å². The molecule has 4 heteroatoms. The summed E-state index contributed by atoms with van der Waals surface area (Å²) in [6.07, 6.45) is 0. The summed E-state index contributed by atoms with van der Waals surface area (Å²) in [5.74, 6) is 1.34. The molecule has 0 bridgehead atoms. The van der Waals surface area contributed by atoms with Crippen LogP contribution in [0.15, 0.2) is 12.1 Å². The molecular weight excluding hydrogens is 245 g/mol. The van der Waals surface area contributed by atoms with Gasteiger partial charge in [0.15, 0.2) is 0 Å². The van der Waals surface area contributed by atoms with Crippen LogP contribution in [0.4, 0.5) is 5.69 Å². The highest BCUT2D eigenvalue weighted by atomic mass is 15.2. The molecule has 104 valence electrons. The fourth-order valence-electron chi connectivity index (χ4n) is 3.39. The summed E-state index contributed by atoms with van der Waals surface area (Å²) in [5.41, 5.74) is 8.15. The van der Waals surface area contributed by atoms with Crippen LogP contribution in [0.5, 0.6) is 0 Å². The summed E-state index contributed by atoms with van der Waals surface area (Å²) in [6.45, 7) is 11.5. The maximum Gasteiger partial charge on any atom is 0.497 e. The van der Waals surface area contributed by atoms with Gasteiger partial charge in [0.05, 0.1) is 12.6 Å². The average Bonchev–Trinajstić information content (AvgIpc) is 2.64. The van der Waals surface area contributed by atoms with Crippen LogP contribution in [0, 0.1) is 27.7 Å². The molecule has 0 aliphatic carbocycles. The van der Waals surface area contributed by atoms with Crippen LogP contribution in [0.25, 0.3) is 11.4 Å². The highest BCUT2D eigenvalue weighted by molar-refractivity contribution is 6.54. The van der Waals surface area contributed by atoms with Crippen LogP contribution in [0.1, 0.15) is 22.5 Å². The van der Waals surface area contributed by atoms with E-state index in [0.717, 1.165) is 0 Å². The molecule has 0 saturated carbocycles. The summed E-state index contributed by atoms with van der Waals surface area (Å²) in [5, 5.41) is 0. The van der Waals surface area contributed by atoms with E-state index in [9.17, 15) is 0 Å². The Morgan fingerprint density at radius 3 is 2.35 bits per heavy atom. The lowest BCUT2D eigenvalue weighted by atomic mass is 9.73. The van der Waals surface area contributed by atoms with Gasteiger partial charge in [-0.05, 0) is 51.8 Å². The largest absolute Gasteiger partial charge is 0.497 e. The van der Waals surface area contributed by atoms with Crippen molar-refractivity contribution in [3.8, 4) is 11.4 Å². The van der Waals surface area contributed by atoms with E-state index in [1.165, 1.54) is 39.6 Å². The molecule has 1 aliphatic rings. The lowest BCUT2D eigenvalue weighted by Gasteiger charge is -2.30. The van der Waals surface area contributed by atoms with E-state index < -0.39 is 0 Å². The minimum atomic E-state index is 0.347. The Labute approximate surface area is 122 Å². The van der Waals surface area contributed by atoms with Crippen molar-refractivity contribution < 1.29 is 4.48 Å². The van der Waals surface area contributed by atoms with Gasteiger partial charge in [0, 0.05) is 12.6 Å². The molecule has 0 radical (unpaired) electrons. The zero-order valence-electron chi connectivity index (χ0n) is 13.6. The van der Waals surface area contributed by atoms with Crippen molar-refractivity contribution in [2.45, 2.75) is 34.5 Å². The predicted octanol–water partition coefficient (Wildman–Crippen LogP) is 2.63. The molecule has 1 aromatic carbocycles. The third-order valence-corrected chi connectivity index (χ3v) is 5.19. The summed E-state index contributed by atoms with van der Waals surface area (Å²) in [4.78, 5) is 2.38. The molecule has 20 heavy (non-hydrogen) atoms. The van der Waals surface area contributed by atoms with Gasteiger partial charge in [-0.3, -0.25) is 4.48 Å². The van der Waals surface area contributed by atoms with Gasteiger partial charge in [0.2, 0.25) is 0 Å². The van der Waals surface area contributed by atoms with Crippen molar-refractivity contribution in [1.29, 1.82) is 0 Å². The van der Waals surface area contributed by atoms with Gasteiger partial charge >= 0.3 is 6.98 Å². The molecule has 2 aromatic rings. The lowest BCUT2D eigenvalue weighted by Crippen LogP contribution is -2.63. The van der Waals surface area contributed by atoms with E-state index in [2.05, 4.69) is 74.6 Å². The second-order valence-electron chi connectivity index (χ2n) is 6.07. The molecule has 0 unspecified atom stereocenters. The quantitative estimate of drug-likeness (QED) is 0.669. The molecule has 0 spiro atoms. The molecule has 0 saturated heterocycles. The van der Waals surface area contributed by atoms with Crippen molar-refractivity contribution in [3.63, 3.8) is 0 Å². The fraction of sp³-hybridized carbons (Fsp3) is 0.438. The van der Waals surface area contributed by atoms with E-state index in [-0.39, 0.29) is 0 Å². The Balaban J connectivity index is 2.47. The van der Waals surface area contributed by atoms with Gasteiger partial charge in [-0.25, -0.2) is 4.57 Å². The Morgan fingerprint density at radius 2 is 1.70 bits per heavy atom. The molecule has 3 rings (SSSR count). The summed E-state index contributed by atoms with van der Waals surface area (Å²) >= 11 is 0. The number of imidazole rings is 1. The Hall–Kier alpha value is -1.71. The highest BCUT2D eigenvalue weighted by Crippen LogP contribution is 2.37. The molecule has 1 aromatic heterocycles. The number of hydrogen-bond acceptors (Lipinski definition) is 1. The normalized spacial score (nSPS) is 13.6. The highest BCUT2D eigenvalue weighted by Gasteiger charge is 2.41. The molecular formula is C16H23BN3+. The lowest BCUT2D eigenvalue weighted by molar-refractivity contribution is -0.533. The molecule has 0 atom stereocenters. The predicted molar refractivity (Wildman–Crippen MR) is 85.4 cm³/mol. The minimum absolute atomic E-state index is 0.347.